The Labute approximate surface area is 130 Å². The van der Waals surface area contributed by atoms with E-state index in [1.54, 1.807) is 0 Å². The minimum atomic E-state index is 0.197. The molecule has 0 atom stereocenters. The molecule has 2 nitrogen and oxygen atoms in total. The SMILES string of the molecule is Cc1cc(C)cc(C(=O)N(CCBr)C2CCCCC2)c1. The predicted molar refractivity (Wildman–Crippen MR) is 87.6 cm³/mol. The van der Waals surface area contributed by atoms with Gasteiger partial charge < -0.3 is 4.90 Å². The first kappa shape index (κ1) is 15.6. The Kier molecular flexibility index (Phi) is 5.64. The summed E-state index contributed by atoms with van der Waals surface area (Å²) in [4.78, 5) is 14.9. The summed E-state index contributed by atoms with van der Waals surface area (Å²) in [6.45, 7) is 4.91. The van der Waals surface area contributed by atoms with Gasteiger partial charge in [0.25, 0.3) is 5.91 Å². The highest BCUT2D eigenvalue weighted by atomic mass is 79.9. The van der Waals surface area contributed by atoms with E-state index in [0.29, 0.717) is 6.04 Å². The van der Waals surface area contributed by atoms with Crippen molar-refractivity contribution in [3.63, 3.8) is 0 Å². The summed E-state index contributed by atoms with van der Waals surface area (Å²) in [5.74, 6) is 0.197. The van der Waals surface area contributed by atoms with Gasteiger partial charge in [-0.2, -0.15) is 0 Å². The average molecular weight is 338 g/mol. The van der Waals surface area contributed by atoms with E-state index >= 15 is 0 Å². The van der Waals surface area contributed by atoms with Crippen LogP contribution in [0.4, 0.5) is 0 Å². The number of amides is 1. The molecular weight excluding hydrogens is 314 g/mol. The van der Waals surface area contributed by atoms with Gasteiger partial charge in [-0.15, -0.1) is 0 Å². The third-order valence-electron chi connectivity index (χ3n) is 4.07. The monoisotopic (exact) mass is 337 g/mol. The van der Waals surface area contributed by atoms with Crippen LogP contribution in [0.5, 0.6) is 0 Å². The maximum absolute atomic E-state index is 12.8. The number of alkyl halides is 1. The third kappa shape index (κ3) is 3.85. The smallest absolute Gasteiger partial charge is 0.254 e. The molecule has 1 aliphatic rings. The van der Waals surface area contributed by atoms with Crippen molar-refractivity contribution in [1.82, 2.24) is 4.90 Å². The van der Waals surface area contributed by atoms with Gasteiger partial charge in [-0.25, -0.2) is 0 Å². The first-order valence-corrected chi connectivity index (χ1v) is 8.69. The zero-order valence-corrected chi connectivity index (χ0v) is 14.1. The number of benzene rings is 1. The third-order valence-corrected chi connectivity index (χ3v) is 4.43. The van der Waals surface area contributed by atoms with Crippen LogP contribution >= 0.6 is 15.9 Å². The van der Waals surface area contributed by atoms with Gasteiger partial charge in [-0.3, -0.25) is 4.79 Å². The Morgan fingerprint density at radius 3 is 2.30 bits per heavy atom. The van der Waals surface area contributed by atoms with Crippen molar-refractivity contribution >= 4 is 21.8 Å². The average Bonchev–Trinajstić information content (AvgIpc) is 2.44. The lowest BCUT2D eigenvalue weighted by Gasteiger charge is -2.34. The highest BCUT2D eigenvalue weighted by molar-refractivity contribution is 9.09. The van der Waals surface area contributed by atoms with Crippen LogP contribution in [0.15, 0.2) is 18.2 Å². The molecule has 0 saturated heterocycles. The van der Waals surface area contributed by atoms with Crippen molar-refractivity contribution in [1.29, 1.82) is 0 Å². The first-order valence-electron chi connectivity index (χ1n) is 7.57. The van der Waals surface area contributed by atoms with Crippen molar-refractivity contribution in [2.45, 2.75) is 52.0 Å². The highest BCUT2D eigenvalue weighted by Crippen LogP contribution is 2.24. The summed E-state index contributed by atoms with van der Waals surface area (Å²) >= 11 is 3.49. The molecular formula is C17H24BrNO. The van der Waals surface area contributed by atoms with Crippen LogP contribution in [0.3, 0.4) is 0 Å². The molecule has 1 aliphatic carbocycles. The van der Waals surface area contributed by atoms with Crippen LogP contribution in [0, 0.1) is 13.8 Å². The second-order valence-electron chi connectivity index (χ2n) is 5.86. The van der Waals surface area contributed by atoms with E-state index < -0.39 is 0 Å². The lowest BCUT2D eigenvalue weighted by molar-refractivity contribution is 0.0651. The highest BCUT2D eigenvalue weighted by Gasteiger charge is 2.25. The van der Waals surface area contributed by atoms with E-state index in [9.17, 15) is 4.79 Å². The Balaban J connectivity index is 2.20. The predicted octanol–water partition coefficient (Wildman–Crippen LogP) is 4.47. The second kappa shape index (κ2) is 7.26. The van der Waals surface area contributed by atoms with Gasteiger partial charge in [0, 0.05) is 23.5 Å². The molecule has 20 heavy (non-hydrogen) atoms. The maximum Gasteiger partial charge on any atom is 0.254 e. The molecule has 0 heterocycles. The van der Waals surface area contributed by atoms with E-state index in [0.717, 1.165) is 41.4 Å². The van der Waals surface area contributed by atoms with Crippen molar-refractivity contribution in [2.75, 3.05) is 11.9 Å². The molecule has 0 bridgehead atoms. The molecule has 1 fully saturated rings. The molecule has 0 aliphatic heterocycles. The van der Waals surface area contributed by atoms with Crippen LogP contribution in [-0.4, -0.2) is 28.7 Å². The summed E-state index contributed by atoms with van der Waals surface area (Å²) in [5, 5.41) is 0.847. The number of halogens is 1. The van der Waals surface area contributed by atoms with Gasteiger partial charge in [0.2, 0.25) is 0 Å². The van der Waals surface area contributed by atoms with Gasteiger partial charge in [0.1, 0.15) is 0 Å². The Hall–Kier alpha value is -0.830. The number of aryl methyl sites for hydroxylation is 2. The quantitative estimate of drug-likeness (QED) is 0.742. The molecule has 1 aromatic carbocycles. The minimum Gasteiger partial charge on any atom is -0.335 e. The van der Waals surface area contributed by atoms with Gasteiger partial charge in [0.05, 0.1) is 0 Å². The first-order chi connectivity index (χ1) is 9.61. The molecule has 2 rings (SSSR count). The normalized spacial score (nSPS) is 16.1. The van der Waals surface area contributed by atoms with Gasteiger partial charge in [-0.05, 0) is 38.8 Å². The molecule has 110 valence electrons. The van der Waals surface area contributed by atoms with Crippen LogP contribution in [-0.2, 0) is 0 Å². The number of hydrogen-bond acceptors (Lipinski definition) is 1. The maximum atomic E-state index is 12.8. The number of hydrogen-bond donors (Lipinski definition) is 0. The van der Waals surface area contributed by atoms with Crippen LogP contribution < -0.4 is 0 Å². The van der Waals surface area contributed by atoms with E-state index in [2.05, 4.69) is 40.7 Å². The summed E-state index contributed by atoms with van der Waals surface area (Å²) in [6, 6.07) is 6.57. The number of carbonyl (C=O) groups excluding carboxylic acids is 1. The molecule has 0 aromatic heterocycles. The Bertz CT molecular complexity index is 446. The second-order valence-corrected chi connectivity index (χ2v) is 6.65. The summed E-state index contributed by atoms with van der Waals surface area (Å²) in [5.41, 5.74) is 3.17. The van der Waals surface area contributed by atoms with E-state index in [4.69, 9.17) is 0 Å². The Morgan fingerprint density at radius 2 is 1.75 bits per heavy atom. The standard InChI is InChI=1S/C17H24BrNO/c1-13-10-14(2)12-15(11-13)17(20)19(9-8-18)16-6-4-3-5-7-16/h10-12,16H,3-9H2,1-2H3. The summed E-state index contributed by atoms with van der Waals surface area (Å²) in [7, 11) is 0. The van der Waals surface area contributed by atoms with E-state index in [1.807, 2.05) is 12.1 Å². The molecule has 0 spiro atoms. The lowest BCUT2D eigenvalue weighted by atomic mass is 9.93. The lowest BCUT2D eigenvalue weighted by Crippen LogP contribution is -2.42. The van der Waals surface area contributed by atoms with Crippen molar-refractivity contribution in [3.05, 3.63) is 34.9 Å². The molecule has 1 aromatic rings. The fourth-order valence-corrected chi connectivity index (χ4v) is 3.58. The van der Waals surface area contributed by atoms with Gasteiger partial charge >= 0.3 is 0 Å². The topological polar surface area (TPSA) is 20.3 Å². The van der Waals surface area contributed by atoms with Crippen LogP contribution in [0.1, 0.15) is 53.6 Å². The summed E-state index contributed by atoms with van der Waals surface area (Å²) < 4.78 is 0. The number of carbonyl (C=O) groups is 1. The number of rotatable bonds is 4. The molecule has 0 N–H and O–H groups in total. The molecule has 1 saturated carbocycles. The molecule has 1 amide bonds. The fraction of sp³-hybridized carbons (Fsp3) is 0.588. The fourth-order valence-electron chi connectivity index (χ4n) is 3.20. The van der Waals surface area contributed by atoms with E-state index in [1.165, 1.54) is 19.3 Å². The Morgan fingerprint density at radius 1 is 1.15 bits per heavy atom. The zero-order chi connectivity index (χ0) is 14.5. The van der Waals surface area contributed by atoms with Gasteiger partial charge in [0.15, 0.2) is 0 Å². The summed E-state index contributed by atoms with van der Waals surface area (Å²) in [6.07, 6.45) is 6.14. The molecule has 0 radical (unpaired) electrons. The van der Waals surface area contributed by atoms with Crippen LogP contribution in [0.25, 0.3) is 0 Å². The largest absolute Gasteiger partial charge is 0.335 e. The van der Waals surface area contributed by atoms with Gasteiger partial charge in [-0.1, -0.05) is 52.4 Å². The molecule has 0 unspecified atom stereocenters. The number of nitrogens with zero attached hydrogens (tertiary/aromatic N) is 1. The minimum absolute atomic E-state index is 0.197. The zero-order valence-electron chi connectivity index (χ0n) is 12.5. The van der Waals surface area contributed by atoms with Crippen molar-refractivity contribution in [3.8, 4) is 0 Å². The van der Waals surface area contributed by atoms with Crippen molar-refractivity contribution in [2.24, 2.45) is 0 Å². The van der Waals surface area contributed by atoms with Crippen molar-refractivity contribution < 1.29 is 4.79 Å². The van der Waals surface area contributed by atoms with Crippen LogP contribution in [0.2, 0.25) is 0 Å². The van der Waals surface area contributed by atoms with E-state index in [-0.39, 0.29) is 5.91 Å². The molecule has 3 heteroatoms.